The Kier molecular flexibility index (Phi) is 4.90. The van der Waals surface area contributed by atoms with Gasteiger partial charge in [0.15, 0.2) is 5.13 Å². The summed E-state index contributed by atoms with van der Waals surface area (Å²) in [7, 11) is 0. The summed E-state index contributed by atoms with van der Waals surface area (Å²) >= 11 is 1.42. The van der Waals surface area contributed by atoms with E-state index in [1.54, 1.807) is 6.20 Å². The normalized spacial score (nSPS) is 20.5. The molecule has 2 saturated heterocycles. The largest absolute Gasteiger partial charge is 0.381 e. The van der Waals surface area contributed by atoms with E-state index in [2.05, 4.69) is 16.0 Å². The standard InChI is InChI=1S/C15H20N4O2S/c16-10-13-11-17-15(22-13)19-5-1-4-18(6-7-19)14(20)12-2-8-21-9-3-12/h11-12H,1-9H2. The summed E-state index contributed by atoms with van der Waals surface area (Å²) < 4.78 is 5.34. The number of hydrogen-bond donors (Lipinski definition) is 0. The summed E-state index contributed by atoms with van der Waals surface area (Å²) in [5, 5.41) is 9.79. The topological polar surface area (TPSA) is 69.5 Å². The first-order valence-corrected chi connectivity index (χ1v) is 8.57. The van der Waals surface area contributed by atoms with Crippen molar-refractivity contribution < 1.29 is 9.53 Å². The highest BCUT2D eigenvalue weighted by Gasteiger charge is 2.28. The van der Waals surface area contributed by atoms with Crippen LogP contribution in [-0.2, 0) is 9.53 Å². The number of anilines is 1. The number of nitrogens with zero attached hydrogens (tertiary/aromatic N) is 4. The Bertz CT molecular complexity index is 562. The predicted molar refractivity (Wildman–Crippen MR) is 83.8 cm³/mol. The van der Waals surface area contributed by atoms with Crippen LogP contribution in [0.15, 0.2) is 6.20 Å². The lowest BCUT2D eigenvalue weighted by molar-refractivity contribution is -0.138. The Hall–Kier alpha value is -1.65. The van der Waals surface area contributed by atoms with Crippen molar-refractivity contribution in [3.05, 3.63) is 11.1 Å². The molecular formula is C15H20N4O2S. The van der Waals surface area contributed by atoms with Gasteiger partial charge in [0.2, 0.25) is 5.91 Å². The van der Waals surface area contributed by atoms with Gasteiger partial charge in [-0.3, -0.25) is 4.79 Å². The van der Waals surface area contributed by atoms with Crippen LogP contribution in [0.4, 0.5) is 5.13 Å². The fraction of sp³-hybridized carbons (Fsp3) is 0.667. The summed E-state index contributed by atoms with van der Waals surface area (Å²) in [6.07, 6.45) is 4.25. The molecule has 1 aromatic rings. The first-order chi connectivity index (χ1) is 10.8. The molecule has 3 rings (SSSR count). The molecule has 0 N–H and O–H groups in total. The molecule has 2 aliphatic rings. The van der Waals surface area contributed by atoms with Gasteiger partial charge in [0, 0.05) is 45.3 Å². The highest BCUT2D eigenvalue weighted by molar-refractivity contribution is 7.16. The molecule has 0 aliphatic carbocycles. The summed E-state index contributed by atoms with van der Waals surface area (Å²) in [6.45, 7) is 4.61. The second kappa shape index (κ2) is 7.07. The zero-order chi connectivity index (χ0) is 15.4. The molecule has 2 fully saturated rings. The molecule has 3 heterocycles. The minimum Gasteiger partial charge on any atom is -0.381 e. The van der Waals surface area contributed by atoms with Crippen LogP contribution in [0.3, 0.4) is 0 Å². The van der Waals surface area contributed by atoms with Gasteiger partial charge in [-0.1, -0.05) is 11.3 Å². The lowest BCUT2D eigenvalue weighted by Gasteiger charge is -2.28. The Labute approximate surface area is 134 Å². The quantitative estimate of drug-likeness (QED) is 0.825. The number of carbonyl (C=O) groups excluding carboxylic acids is 1. The van der Waals surface area contributed by atoms with Crippen LogP contribution in [0.5, 0.6) is 0 Å². The van der Waals surface area contributed by atoms with Gasteiger partial charge >= 0.3 is 0 Å². The van der Waals surface area contributed by atoms with Crippen LogP contribution in [0.25, 0.3) is 0 Å². The highest BCUT2D eigenvalue weighted by Crippen LogP contribution is 2.24. The minimum atomic E-state index is 0.130. The third kappa shape index (κ3) is 3.39. The summed E-state index contributed by atoms with van der Waals surface area (Å²) in [5.74, 6) is 0.410. The molecule has 1 aromatic heterocycles. The van der Waals surface area contributed by atoms with E-state index in [1.165, 1.54) is 11.3 Å². The molecule has 6 nitrogen and oxygen atoms in total. The molecule has 0 aromatic carbocycles. The van der Waals surface area contributed by atoms with Gasteiger partial charge in [-0.05, 0) is 19.3 Å². The summed E-state index contributed by atoms with van der Waals surface area (Å²) in [5.41, 5.74) is 0. The van der Waals surface area contributed by atoms with Crippen molar-refractivity contribution in [2.75, 3.05) is 44.3 Å². The van der Waals surface area contributed by atoms with Crippen LogP contribution in [0.2, 0.25) is 0 Å². The molecule has 0 saturated carbocycles. The monoisotopic (exact) mass is 320 g/mol. The van der Waals surface area contributed by atoms with Crippen molar-refractivity contribution in [3.8, 4) is 6.07 Å². The molecule has 2 aliphatic heterocycles. The lowest BCUT2D eigenvalue weighted by atomic mass is 9.98. The van der Waals surface area contributed by atoms with E-state index in [4.69, 9.17) is 10.00 Å². The molecule has 22 heavy (non-hydrogen) atoms. The number of rotatable bonds is 2. The van der Waals surface area contributed by atoms with Crippen LogP contribution < -0.4 is 4.90 Å². The van der Waals surface area contributed by atoms with Crippen molar-refractivity contribution in [2.45, 2.75) is 19.3 Å². The highest BCUT2D eigenvalue weighted by atomic mass is 32.1. The van der Waals surface area contributed by atoms with E-state index in [-0.39, 0.29) is 11.8 Å². The van der Waals surface area contributed by atoms with E-state index < -0.39 is 0 Å². The van der Waals surface area contributed by atoms with Gasteiger partial charge in [0.1, 0.15) is 10.9 Å². The molecule has 118 valence electrons. The summed E-state index contributed by atoms with van der Waals surface area (Å²) in [4.78, 5) is 21.7. The van der Waals surface area contributed by atoms with Crippen molar-refractivity contribution in [1.29, 1.82) is 5.26 Å². The fourth-order valence-electron chi connectivity index (χ4n) is 2.99. The smallest absolute Gasteiger partial charge is 0.225 e. The molecule has 0 unspecified atom stereocenters. The molecular weight excluding hydrogens is 300 g/mol. The Morgan fingerprint density at radius 2 is 2.14 bits per heavy atom. The van der Waals surface area contributed by atoms with E-state index in [9.17, 15) is 4.79 Å². The number of hydrogen-bond acceptors (Lipinski definition) is 6. The third-order valence-corrected chi connectivity index (χ3v) is 5.22. The number of amides is 1. The predicted octanol–water partition coefficient (Wildman–Crippen LogP) is 1.48. The molecule has 0 radical (unpaired) electrons. The Morgan fingerprint density at radius 1 is 1.32 bits per heavy atom. The first-order valence-electron chi connectivity index (χ1n) is 7.75. The number of aromatic nitrogens is 1. The van der Waals surface area contributed by atoms with Gasteiger partial charge < -0.3 is 14.5 Å². The zero-order valence-corrected chi connectivity index (χ0v) is 13.3. The average molecular weight is 320 g/mol. The van der Waals surface area contributed by atoms with Gasteiger partial charge in [0.25, 0.3) is 0 Å². The van der Waals surface area contributed by atoms with Crippen molar-refractivity contribution >= 4 is 22.4 Å². The zero-order valence-electron chi connectivity index (χ0n) is 12.5. The third-order valence-electron chi connectivity index (χ3n) is 4.25. The maximum atomic E-state index is 12.6. The summed E-state index contributed by atoms with van der Waals surface area (Å²) in [6, 6.07) is 2.13. The molecule has 7 heteroatoms. The first kappa shape index (κ1) is 15.3. The maximum Gasteiger partial charge on any atom is 0.225 e. The van der Waals surface area contributed by atoms with Crippen LogP contribution >= 0.6 is 11.3 Å². The molecule has 0 atom stereocenters. The SMILES string of the molecule is N#Cc1cnc(N2CCCN(C(=O)C3CCOCC3)CC2)s1. The van der Waals surface area contributed by atoms with E-state index in [1.807, 2.05) is 4.90 Å². The average Bonchev–Trinajstić information content (AvgIpc) is 2.92. The molecule has 0 spiro atoms. The van der Waals surface area contributed by atoms with Crippen molar-refractivity contribution in [2.24, 2.45) is 5.92 Å². The number of thiazole rings is 1. The van der Waals surface area contributed by atoms with E-state index in [0.717, 1.165) is 50.6 Å². The van der Waals surface area contributed by atoms with Crippen LogP contribution in [0, 0.1) is 17.2 Å². The Morgan fingerprint density at radius 3 is 2.86 bits per heavy atom. The number of nitriles is 1. The van der Waals surface area contributed by atoms with E-state index >= 15 is 0 Å². The Balaban J connectivity index is 1.59. The maximum absolute atomic E-state index is 12.6. The number of ether oxygens (including phenoxy) is 1. The second-order valence-corrected chi connectivity index (χ2v) is 6.68. The van der Waals surface area contributed by atoms with Gasteiger partial charge in [-0.2, -0.15) is 5.26 Å². The van der Waals surface area contributed by atoms with Crippen molar-refractivity contribution in [3.63, 3.8) is 0 Å². The minimum absolute atomic E-state index is 0.130. The van der Waals surface area contributed by atoms with Crippen LogP contribution in [0.1, 0.15) is 24.1 Å². The molecule has 1 amide bonds. The fourth-order valence-corrected chi connectivity index (χ4v) is 3.76. The van der Waals surface area contributed by atoms with Crippen molar-refractivity contribution in [1.82, 2.24) is 9.88 Å². The van der Waals surface area contributed by atoms with Gasteiger partial charge in [-0.15, -0.1) is 0 Å². The second-order valence-electron chi connectivity index (χ2n) is 5.67. The van der Waals surface area contributed by atoms with E-state index in [0.29, 0.717) is 18.1 Å². The lowest BCUT2D eigenvalue weighted by Crippen LogP contribution is -2.40. The molecule has 0 bridgehead atoms. The number of carbonyl (C=O) groups is 1. The van der Waals surface area contributed by atoms with Gasteiger partial charge in [-0.25, -0.2) is 4.98 Å². The van der Waals surface area contributed by atoms with Gasteiger partial charge in [0.05, 0.1) is 6.20 Å². The van der Waals surface area contributed by atoms with Crippen LogP contribution in [-0.4, -0.2) is 55.2 Å².